The van der Waals surface area contributed by atoms with Crippen molar-refractivity contribution in [3.63, 3.8) is 0 Å². The van der Waals surface area contributed by atoms with Gasteiger partial charge in [0.15, 0.2) is 0 Å². The molecule has 1 heterocycles. The van der Waals surface area contributed by atoms with Crippen LogP contribution in [0.3, 0.4) is 0 Å². The molecular formula is C14H16N2O3. The van der Waals surface area contributed by atoms with Crippen molar-refractivity contribution in [1.82, 2.24) is 4.98 Å². The van der Waals surface area contributed by atoms with E-state index in [-0.39, 0.29) is 18.3 Å². The molecule has 2 rings (SSSR count). The number of nitrogens with one attached hydrogen (secondary N) is 2. The summed E-state index contributed by atoms with van der Waals surface area (Å²) in [5, 5.41) is 3.64. The molecule has 100 valence electrons. The molecule has 0 bridgehead atoms. The normalized spacial score (nSPS) is 10.4. The van der Waals surface area contributed by atoms with Gasteiger partial charge in [-0.15, -0.1) is 0 Å². The average molecular weight is 260 g/mol. The van der Waals surface area contributed by atoms with Crippen molar-refractivity contribution < 1.29 is 14.3 Å². The van der Waals surface area contributed by atoms with Gasteiger partial charge in [-0.25, -0.2) is 0 Å². The van der Waals surface area contributed by atoms with E-state index in [1.165, 1.54) is 6.92 Å². The molecule has 0 atom stereocenters. The summed E-state index contributed by atoms with van der Waals surface area (Å²) in [6, 6.07) is 5.53. The molecule has 1 aromatic heterocycles. The molecule has 2 N–H and O–H groups in total. The van der Waals surface area contributed by atoms with Gasteiger partial charge in [0.25, 0.3) is 0 Å². The van der Waals surface area contributed by atoms with Crippen LogP contribution >= 0.6 is 0 Å². The third-order valence-electron chi connectivity index (χ3n) is 2.73. The number of ether oxygens (including phenoxy) is 1. The van der Waals surface area contributed by atoms with Gasteiger partial charge in [0, 0.05) is 29.7 Å². The summed E-state index contributed by atoms with van der Waals surface area (Å²) in [4.78, 5) is 25.6. The molecule has 19 heavy (non-hydrogen) atoms. The van der Waals surface area contributed by atoms with Crippen molar-refractivity contribution in [3.05, 3.63) is 30.0 Å². The predicted molar refractivity (Wildman–Crippen MR) is 72.9 cm³/mol. The first kappa shape index (κ1) is 13.1. The second kappa shape index (κ2) is 5.56. The summed E-state index contributed by atoms with van der Waals surface area (Å²) >= 11 is 0. The Hall–Kier alpha value is -2.30. The summed E-state index contributed by atoms with van der Waals surface area (Å²) in [7, 11) is 0. The van der Waals surface area contributed by atoms with Gasteiger partial charge in [0.2, 0.25) is 5.91 Å². The largest absolute Gasteiger partial charge is 0.466 e. The van der Waals surface area contributed by atoms with Crippen LogP contribution < -0.4 is 5.32 Å². The highest BCUT2D eigenvalue weighted by Crippen LogP contribution is 2.23. The zero-order valence-electron chi connectivity index (χ0n) is 10.9. The smallest absolute Gasteiger partial charge is 0.310 e. The summed E-state index contributed by atoms with van der Waals surface area (Å²) < 4.78 is 4.94. The van der Waals surface area contributed by atoms with E-state index < -0.39 is 0 Å². The van der Waals surface area contributed by atoms with Gasteiger partial charge in [0.1, 0.15) is 0 Å². The minimum atomic E-state index is -0.256. The number of aromatic amines is 1. The third kappa shape index (κ3) is 3.13. The van der Waals surface area contributed by atoms with Crippen LogP contribution in [0.4, 0.5) is 5.69 Å². The highest BCUT2D eigenvalue weighted by atomic mass is 16.5. The van der Waals surface area contributed by atoms with Crippen LogP contribution in [0, 0.1) is 0 Å². The summed E-state index contributed by atoms with van der Waals surface area (Å²) in [6.07, 6.45) is 2.01. The Morgan fingerprint density at radius 1 is 1.37 bits per heavy atom. The number of aromatic nitrogens is 1. The number of benzene rings is 1. The average Bonchev–Trinajstić information content (AvgIpc) is 2.71. The molecule has 0 unspecified atom stereocenters. The number of anilines is 1. The van der Waals surface area contributed by atoms with Crippen LogP contribution in [0.25, 0.3) is 10.9 Å². The maximum absolute atomic E-state index is 11.5. The van der Waals surface area contributed by atoms with Crippen molar-refractivity contribution in [3.8, 4) is 0 Å². The lowest BCUT2D eigenvalue weighted by molar-refractivity contribution is -0.142. The molecule has 5 heteroatoms. The van der Waals surface area contributed by atoms with Gasteiger partial charge in [-0.3, -0.25) is 9.59 Å². The lowest BCUT2D eigenvalue weighted by Gasteiger charge is -2.04. The van der Waals surface area contributed by atoms with E-state index in [1.54, 1.807) is 13.1 Å². The lowest BCUT2D eigenvalue weighted by Crippen LogP contribution is -2.07. The highest BCUT2D eigenvalue weighted by Gasteiger charge is 2.10. The molecule has 0 spiro atoms. The maximum atomic E-state index is 11.5. The van der Waals surface area contributed by atoms with Crippen LogP contribution in [-0.4, -0.2) is 23.5 Å². The maximum Gasteiger partial charge on any atom is 0.310 e. The van der Waals surface area contributed by atoms with Crippen molar-refractivity contribution in [2.75, 3.05) is 11.9 Å². The number of esters is 1. The molecule has 0 saturated carbocycles. The minimum absolute atomic E-state index is 0.123. The topological polar surface area (TPSA) is 71.2 Å². The summed E-state index contributed by atoms with van der Waals surface area (Å²) in [5.41, 5.74) is 2.50. The number of carbonyl (C=O) groups is 2. The molecule has 1 aromatic carbocycles. The lowest BCUT2D eigenvalue weighted by atomic mass is 10.1. The van der Waals surface area contributed by atoms with Crippen molar-refractivity contribution >= 4 is 28.5 Å². The van der Waals surface area contributed by atoms with E-state index in [4.69, 9.17) is 4.74 Å². The van der Waals surface area contributed by atoms with E-state index in [1.807, 2.05) is 18.2 Å². The number of fused-ring (bicyclic) bond motifs is 1. The second-order valence-corrected chi connectivity index (χ2v) is 4.24. The zero-order chi connectivity index (χ0) is 13.8. The zero-order valence-corrected chi connectivity index (χ0v) is 10.9. The van der Waals surface area contributed by atoms with Gasteiger partial charge in [-0.2, -0.15) is 0 Å². The first-order valence-corrected chi connectivity index (χ1v) is 6.13. The van der Waals surface area contributed by atoms with Gasteiger partial charge in [-0.1, -0.05) is 0 Å². The number of hydrogen-bond donors (Lipinski definition) is 2. The van der Waals surface area contributed by atoms with E-state index >= 15 is 0 Å². The summed E-state index contributed by atoms with van der Waals surface area (Å²) in [5.74, 6) is -0.379. The first-order valence-electron chi connectivity index (χ1n) is 6.13. The number of hydrogen-bond acceptors (Lipinski definition) is 3. The Morgan fingerprint density at radius 3 is 2.84 bits per heavy atom. The fraction of sp³-hybridized carbons (Fsp3) is 0.286. The van der Waals surface area contributed by atoms with Crippen molar-refractivity contribution in [2.24, 2.45) is 0 Å². The van der Waals surface area contributed by atoms with Gasteiger partial charge < -0.3 is 15.0 Å². The fourth-order valence-corrected chi connectivity index (χ4v) is 1.97. The Kier molecular flexibility index (Phi) is 3.85. The van der Waals surface area contributed by atoms with Gasteiger partial charge >= 0.3 is 5.97 Å². The molecule has 1 amide bonds. The molecular weight excluding hydrogens is 244 g/mol. The second-order valence-electron chi connectivity index (χ2n) is 4.24. The first-order chi connectivity index (χ1) is 9.10. The fourth-order valence-electron chi connectivity index (χ4n) is 1.97. The molecule has 0 radical (unpaired) electrons. The van der Waals surface area contributed by atoms with E-state index in [0.29, 0.717) is 12.3 Å². The van der Waals surface area contributed by atoms with Crippen LogP contribution in [0.2, 0.25) is 0 Å². The standard InChI is InChI=1S/C14H16N2O3/c1-3-19-14(18)6-10-8-15-13-5-4-11(7-12(10)13)16-9(2)17/h4-5,7-8,15H,3,6H2,1-2H3,(H,16,17). The molecule has 0 aliphatic heterocycles. The van der Waals surface area contributed by atoms with Crippen molar-refractivity contribution in [1.29, 1.82) is 0 Å². The molecule has 0 aliphatic rings. The molecule has 5 nitrogen and oxygen atoms in total. The van der Waals surface area contributed by atoms with Crippen LogP contribution in [0.5, 0.6) is 0 Å². The Morgan fingerprint density at radius 2 is 2.16 bits per heavy atom. The van der Waals surface area contributed by atoms with Gasteiger partial charge in [0.05, 0.1) is 13.0 Å². The Bertz CT molecular complexity index is 616. The molecule has 0 aliphatic carbocycles. The number of amides is 1. The van der Waals surface area contributed by atoms with Crippen molar-refractivity contribution in [2.45, 2.75) is 20.3 Å². The number of carbonyl (C=O) groups excluding carboxylic acids is 2. The van der Waals surface area contributed by atoms with Gasteiger partial charge in [-0.05, 0) is 30.7 Å². The summed E-state index contributed by atoms with van der Waals surface area (Å²) in [6.45, 7) is 3.61. The van der Waals surface area contributed by atoms with Crippen LogP contribution in [-0.2, 0) is 20.7 Å². The highest BCUT2D eigenvalue weighted by molar-refractivity contribution is 5.94. The van der Waals surface area contributed by atoms with Crippen LogP contribution in [0.15, 0.2) is 24.4 Å². The Balaban J connectivity index is 2.29. The third-order valence-corrected chi connectivity index (χ3v) is 2.73. The minimum Gasteiger partial charge on any atom is -0.466 e. The molecule has 0 fully saturated rings. The quantitative estimate of drug-likeness (QED) is 0.828. The molecule has 0 saturated heterocycles. The number of rotatable bonds is 4. The SMILES string of the molecule is CCOC(=O)Cc1c[nH]c2ccc(NC(C)=O)cc12. The number of H-pyrrole nitrogens is 1. The molecule has 2 aromatic rings. The predicted octanol–water partition coefficient (Wildman–Crippen LogP) is 2.23. The van der Waals surface area contributed by atoms with Crippen LogP contribution in [0.1, 0.15) is 19.4 Å². The monoisotopic (exact) mass is 260 g/mol. The van der Waals surface area contributed by atoms with E-state index in [2.05, 4.69) is 10.3 Å². The van der Waals surface area contributed by atoms with E-state index in [0.717, 1.165) is 16.5 Å². The van der Waals surface area contributed by atoms with E-state index in [9.17, 15) is 9.59 Å². The Labute approximate surface area is 110 Å².